The summed E-state index contributed by atoms with van der Waals surface area (Å²) >= 11 is 0. The van der Waals surface area contributed by atoms with Gasteiger partial charge >= 0.3 is 5.97 Å². The van der Waals surface area contributed by atoms with Crippen LogP contribution < -0.4 is 0 Å². The predicted octanol–water partition coefficient (Wildman–Crippen LogP) is 7.37. The first kappa shape index (κ1) is 23.2. The van der Waals surface area contributed by atoms with Gasteiger partial charge in [0.2, 0.25) is 0 Å². The first-order chi connectivity index (χ1) is 11.8. The first-order valence-electron chi connectivity index (χ1n) is 10.6. The molecule has 0 aromatic heterocycles. The van der Waals surface area contributed by atoms with E-state index in [9.17, 15) is 4.79 Å². The summed E-state index contributed by atoms with van der Waals surface area (Å²) < 4.78 is 4.93. The fourth-order valence-corrected chi connectivity index (χ4v) is 2.93. The Morgan fingerprint density at radius 3 is 1.62 bits per heavy atom. The van der Waals surface area contributed by atoms with Crippen LogP contribution in [0.3, 0.4) is 0 Å². The second-order valence-corrected chi connectivity index (χ2v) is 6.85. The highest BCUT2D eigenvalue weighted by atomic mass is 16.6. The molecule has 142 valence electrons. The van der Waals surface area contributed by atoms with E-state index in [1.54, 1.807) is 0 Å². The number of carbonyl (C=O) groups is 1. The summed E-state index contributed by atoms with van der Waals surface area (Å²) in [5.41, 5.74) is 0. The summed E-state index contributed by atoms with van der Waals surface area (Å²) in [6, 6.07) is 0. The standard InChI is InChI=1S/C22H42O2/c1-3-5-6-7-8-9-10-11-12-13-14-15-16-17-18-19-20-21-22(23)24-4-2/h11-12H,3-10,13-21H2,1-2H3/b12-11-/i22+1. The summed E-state index contributed by atoms with van der Waals surface area (Å²) in [7, 11) is 0. The quantitative estimate of drug-likeness (QED) is 0.113. The van der Waals surface area contributed by atoms with Crippen molar-refractivity contribution in [3.63, 3.8) is 0 Å². The molecule has 24 heavy (non-hydrogen) atoms. The number of carbonyl (C=O) groups excluding carboxylic acids is 1. The molecule has 0 aliphatic carbocycles. The van der Waals surface area contributed by atoms with Crippen molar-refractivity contribution in [3.05, 3.63) is 12.2 Å². The Kier molecular flexibility index (Phi) is 19.6. The number of rotatable bonds is 18. The molecule has 0 aromatic rings. The fraction of sp³-hybridized carbons (Fsp3) is 0.864. The lowest BCUT2D eigenvalue weighted by Crippen LogP contribution is -2.03. The van der Waals surface area contributed by atoms with Crippen molar-refractivity contribution in [2.24, 2.45) is 0 Å². The van der Waals surface area contributed by atoms with Gasteiger partial charge in [-0.05, 0) is 39.0 Å². The Hall–Kier alpha value is -0.790. The third kappa shape index (κ3) is 19.3. The van der Waals surface area contributed by atoms with Crippen molar-refractivity contribution in [2.45, 2.75) is 117 Å². The molecular formula is C22H42O2. The van der Waals surface area contributed by atoms with Crippen LogP contribution in [0.1, 0.15) is 117 Å². The largest absolute Gasteiger partial charge is 0.466 e. The first-order valence-corrected chi connectivity index (χ1v) is 10.6. The highest BCUT2D eigenvalue weighted by Crippen LogP contribution is 2.11. The van der Waals surface area contributed by atoms with Gasteiger partial charge in [0, 0.05) is 6.42 Å². The van der Waals surface area contributed by atoms with Crippen molar-refractivity contribution in [1.29, 1.82) is 0 Å². The molecule has 0 saturated carbocycles. The van der Waals surface area contributed by atoms with Crippen molar-refractivity contribution in [3.8, 4) is 0 Å². The van der Waals surface area contributed by atoms with Crippen molar-refractivity contribution in [2.75, 3.05) is 6.61 Å². The van der Waals surface area contributed by atoms with E-state index in [0.29, 0.717) is 13.0 Å². The summed E-state index contributed by atoms with van der Waals surface area (Å²) in [4.78, 5) is 11.2. The predicted molar refractivity (Wildman–Crippen MR) is 105 cm³/mol. The van der Waals surface area contributed by atoms with Gasteiger partial charge in [-0.15, -0.1) is 0 Å². The molecule has 0 rings (SSSR count). The molecule has 0 unspecified atom stereocenters. The van der Waals surface area contributed by atoms with E-state index in [-0.39, 0.29) is 5.97 Å². The molecule has 0 amide bonds. The molecule has 0 saturated heterocycles. The van der Waals surface area contributed by atoms with E-state index >= 15 is 0 Å². The highest BCUT2D eigenvalue weighted by molar-refractivity contribution is 5.69. The third-order valence-electron chi connectivity index (χ3n) is 4.45. The van der Waals surface area contributed by atoms with Gasteiger partial charge in [-0.25, -0.2) is 0 Å². The number of hydrogen-bond acceptors (Lipinski definition) is 2. The molecule has 0 bridgehead atoms. The maximum absolute atomic E-state index is 11.2. The SMILES string of the molecule is CCCCCCCC/C=C\CCCCCCCCC[13C](=O)OCC. The molecule has 0 atom stereocenters. The molecule has 0 N–H and O–H groups in total. The molecule has 2 heteroatoms. The minimum absolute atomic E-state index is 0.0368. The number of ether oxygens (including phenoxy) is 1. The van der Waals surface area contributed by atoms with Crippen molar-refractivity contribution >= 4 is 5.97 Å². The topological polar surface area (TPSA) is 26.3 Å². The van der Waals surface area contributed by atoms with E-state index in [0.717, 1.165) is 12.8 Å². The van der Waals surface area contributed by atoms with E-state index in [2.05, 4.69) is 19.1 Å². The van der Waals surface area contributed by atoms with Gasteiger partial charge < -0.3 is 4.74 Å². The van der Waals surface area contributed by atoms with Gasteiger partial charge in [-0.2, -0.15) is 0 Å². The van der Waals surface area contributed by atoms with Gasteiger partial charge in [0.25, 0.3) is 0 Å². The number of esters is 1. The molecular weight excluding hydrogens is 297 g/mol. The van der Waals surface area contributed by atoms with Gasteiger partial charge in [-0.1, -0.05) is 83.3 Å². The molecule has 2 nitrogen and oxygen atoms in total. The normalized spacial score (nSPS) is 11.2. The fourth-order valence-electron chi connectivity index (χ4n) is 2.93. The van der Waals surface area contributed by atoms with E-state index in [1.807, 2.05) is 6.92 Å². The molecule has 0 aliphatic rings. The Morgan fingerprint density at radius 2 is 1.12 bits per heavy atom. The van der Waals surface area contributed by atoms with Crippen LogP contribution in [0.2, 0.25) is 0 Å². The monoisotopic (exact) mass is 339 g/mol. The highest BCUT2D eigenvalue weighted by Gasteiger charge is 2.00. The lowest BCUT2D eigenvalue weighted by molar-refractivity contribution is -0.143. The van der Waals surface area contributed by atoms with Crippen LogP contribution in [0, 0.1) is 0 Å². The smallest absolute Gasteiger partial charge is 0.305 e. The van der Waals surface area contributed by atoms with Crippen molar-refractivity contribution < 1.29 is 9.53 Å². The minimum atomic E-state index is -0.0368. The van der Waals surface area contributed by atoms with Crippen molar-refractivity contribution in [1.82, 2.24) is 0 Å². The lowest BCUT2D eigenvalue weighted by atomic mass is 10.1. The Balaban J connectivity index is 3.11. The zero-order valence-corrected chi connectivity index (χ0v) is 16.5. The average molecular weight is 340 g/mol. The van der Waals surface area contributed by atoms with Gasteiger partial charge in [0.05, 0.1) is 6.61 Å². The number of hydrogen-bond donors (Lipinski definition) is 0. The molecule has 0 heterocycles. The van der Waals surface area contributed by atoms with Gasteiger partial charge in [0.15, 0.2) is 0 Å². The molecule has 0 aliphatic heterocycles. The van der Waals surface area contributed by atoms with Crippen LogP contribution in [0.5, 0.6) is 0 Å². The zero-order chi connectivity index (χ0) is 17.7. The number of unbranched alkanes of at least 4 members (excludes halogenated alkanes) is 13. The summed E-state index contributed by atoms with van der Waals surface area (Å²) in [6.45, 7) is 4.64. The Morgan fingerprint density at radius 1 is 0.667 bits per heavy atom. The second kappa shape index (κ2) is 20.3. The van der Waals surface area contributed by atoms with Crippen LogP contribution in [0.15, 0.2) is 12.2 Å². The van der Waals surface area contributed by atoms with Crippen LogP contribution in [-0.2, 0) is 9.53 Å². The average Bonchev–Trinajstić information content (AvgIpc) is 2.58. The summed E-state index contributed by atoms with van der Waals surface area (Å²) in [5, 5.41) is 0. The third-order valence-corrected chi connectivity index (χ3v) is 4.45. The molecule has 0 aromatic carbocycles. The van der Waals surface area contributed by atoms with E-state index in [4.69, 9.17) is 4.74 Å². The van der Waals surface area contributed by atoms with Crippen LogP contribution in [0.4, 0.5) is 0 Å². The molecule has 0 fully saturated rings. The van der Waals surface area contributed by atoms with E-state index in [1.165, 1.54) is 83.5 Å². The molecule has 0 spiro atoms. The summed E-state index contributed by atoms with van der Waals surface area (Å²) in [5.74, 6) is -0.0368. The van der Waals surface area contributed by atoms with Gasteiger partial charge in [-0.3, -0.25) is 4.79 Å². The molecule has 0 radical (unpaired) electrons. The maximum Gasteiger partial charge on any atom is 0.305 e. The second-order valence-electron chi connectivity index (χ2n) is 6.85. The lowest BCUT2D eigenvalue weighted by Gasteiger charge is -2.02. The zero-order valence-electron chi connectivity index (χ0n) is 16.5. The van der Waals surface area contributed by atoms with Crippen LogP contribution in [-0.4, -0.2) is 12.6 Å². The van der Waals surface area contributed by atoms with Crippen LogP contribution >= 0.6 is 0 Å². The number of allylic oxidation sites excluding steroid dienone is 2. The Bertz CT molecular complexity index is 284. The maximum atomic E-state index is 11.2. The van der Waals surface area contributed by atoms with E-state index < -0.39 is 0 Å². The van der Waals surface area contributed by atoms with Gasteiger partial charge in [0.1, 0.15) is 0 Å². The summed E-state index contributed by atoms with van der Waals surface area (Å²) in [6.07, 6.45) is 25.0. The minimum Gasteiger partial charge on any atom is -0.466 e. The van der Waals surface area contributed by atoms with Crippen LogP contribution in [0.25, 0.3) is 0 Å². The Labute approximate surface area is 151 Å².